The van der Waals surface area contributed by atoms with Crippen molar-refractivity contribution < 1.29 is 0 Å². The van der Waals surface area contributed by atoms with Gasteiger partial charge in [0.2, 0.25) is 0 Å². The van der Waals surface area contributed by atoms with E-state index in [0.717, 1.165) is 138 Å². The Morgan fingerprint density at radius 1 is 0.311 bits per heavy atom. The van der Waals surface area contributed by atoms with Crippen molar-refractivity contribution in [3.8, 4) is 86.2 Å². The lowest BCUT2D eigenvalue weighted by atomic mass is 9.93. The van der Waals surface area contributed by atoms with Gasteiger partial charge in [0.1, 0.15) is 11.4 Å². The second-order valence-corrected chi connectivity index (χ2v) is 22.5. The Hall–Kier alpha value is -12.9. The highest BCUT2D eigenvalue weighted by Crippen LogP contribution is 2.51. The Morgan fingerprint density at radius 2 is 0.678 bits per heavy atom. The average molecular weight is 1150 g/mol. The topological polar surface area (TPSA) is 142 Å². The maximum absolute atomic E-state index is 10.6. The fraction of sp³-hybridized carbons (Fsp3) is 0.0127. The summed E-state index contributed by atoms with van der Waals surface area (Å²) in [6.07, 6.45) is 0. The molecule has 0 saturated carbocycles. The molecule has 17 aromatic rings. The Kier molecular flexibility index (Phi) is 11.7. The summed E-state index contributed by atoms with van der Waals surface area (Å²) in [4.78, 5) is 17.3. The number of rotatable bonds is 9. The number of anilines is 1. The van der Waals surface area contributed by atoms with Gasteiger partial charge in [-0.1, -0.05) is 158 Å². The molecular formula is C79H47N11. The predicted octanol–water partition coefficient (Wildman–Crippen LogP) is 18.6. The van der Waals surface area contributed by atoms with Crippen LogP contribution in [-0.2, 0) is 0 Å². The fourth-order valence-electron chi connectivity index (χ4n) is 13.7. The van der Waals surface area contributed by atoms with Gasteiger partial charge < -0.3 is 14.5 Å². The van der Waals surface area contributed by atoms with Crippen LogP contribution in [0.15, 0.2) is 261 Å². The summed E-state index contributed by atoms with van der Waals surface area (Å²) in [5.41, 5.74) is 16.8. The highest BCUT2D eigenvalue weighted by Gasteiger charge is 2.34. The number of pyridine rings is 1. The van der Waals surface area contributed by atoms with Crippen LogP contribution in [0.1, 0.15) is 16.7 Å². The normalized spacial score (nSPS) is 11.6. The van der Waals surface area contributed by atoms with Gasteiger partial charge in [0.15, 0.2) is 17.5 Å². The van der Waals surface area contributed by atoms with Crippen molar-refractivity contribution in [2.75, 3.05) is 12.4 Å². The molecule has 0 spiro atoms. The first-order chi connectivity index (χ1) is 44.5. The smallest absolute Gasteiger partial charge is 0.165 e. The van der Waals surface area contributed by atoms with Crippen LogP contribution < -0.4 is 5.32 Å². The van der Waals surface area contributed by atoms with Gasteiger partial charge in [-0.25, -0.2) is 15.0 Å². The van der Waals surface area contributed by atoms with Crippen LogP contribution in [0.2, 0.25) is 0 Å². The molecule has 11 nitrogen and oxygen atoms in total. The zero-order valence-electron chi connectivity index (χ0n) is 48.3. The SMILES string of the molecule is CNc1ccc2c(c1)c1ccccc1n2-c1nc(-n2c3ccccc3c3cc(C#N)ccc32)c(-n2c3ccccc3c3cc(C#N)ccc32)c(-c2ccccc2-c2cc(-c3ccccc3)nc(-c3ccccc3)n2)c1-n1c2ccccc2c2cc(C#N)ccc21. The van der Waals surface area contributed by atoms with E-state index in [4.69, 9.17) is 15.0 Å². The van der Waals surface area contributed by atoms with E-state index in [-0.39, 0.29) is 0 Å². The molecule has 1 N–H and O–H groups in total. The summed E-state index contributed by atoms with van der Waals surface area (Å²) >= 11 is 0. The third-order valence-electron chi connectivity index (χ3n) is 17.6. The maximum Gasteiger partial charge on any atom is 0.165 e. The number of hydrogen-bond donors (Lipinski definition) is 1. The second kappa shape index (κ2) is 20.4. The van der Waals surface area contributed by atoms with Crippen molar-refractivity contribution in [3.05, 3.63) is 278 Å². The van der Waals surface area contributed by atoms with Crippen molar-refractivity contribution in [1.29, 1.82) is 15.8 Å². The van der Waals surface area contributed by atoms with Gasteiger partial charge in [0.25, 0.3) is 0 Å². The minimum Gasteiger partial charge on any atom is -0.388 e. The van der Waals surface area contributed by atoms with Crippen LogP contribution in [0, 0.1) is 34.0 Å². The quantitative estimate of drug-likeness (QED) is 0.152. The summed E-state index contributed by atoms with van der Waals surface area (Å²) in [5, 5.41) is 42.8. The van der Waals surface area contributed by atoms with Gasteiger partial charge in [0.05, 0.1) is 90.4 Å². The molecule has 6 aromatic heterocycles. The molecule has 0 bridgehead atoms. The van der Waals surface area contributed by atoms with Crippen molar-refractivity contribution in [1.82, 2.24) is 33.2 Å². The van der Waals surface area contributed by atoms with Gasteiger partial charge in [-0.05, 0) is 109 Å². The van der Waals surface area contributed by atoms with Gasteiger partial charge in [-0.3, -0.25) is 9.13 Å². The Balaban J connectivity index is 1.18. The first-order valence-corrected chi connectivity index (χ1v) is 29.7. The van der Waals surface area contributed by atoms with Gasteiger partial charge >= 0.3 is 0 Å². The largest absolute Gasteiger partial charge is 0.388 e. The summed E-state index contributed by atoms with van der Waals surface area (Å²) in [5.74, 6) is 1.76. The van der Waals surface area contributed by atoms with E-state index < -0.39 is 0 Å². The molecule has 418 valence electrons. The lowest BCUT2D eigenvalue weighted by Crippen LogP contribution is -2.16. The van der Waals surface area contributed by atoms with Crippen LogP contribution in [-0.4, -0.2) is 40.3 Å². The maximum atomic E-state index is 10.6. The first kappa shape index (κ1) is 51.5. The second-order valence-electron chi connectivity index (χ2n) is 22.5. The molecule has 11 heteroatoms. The summed E-state index contributed by atoms with van der Waals surface area (Å²) in [6, 6.07) is 96.4. The fourth-order valence-corrected chi connectivity index (χ4v) is 13.7. The number of benzene rings is 11. The molecule has 0 unspecified atom stereocenters. The third-order valence-corrected chi connectivity index (χ3v) is 17.6. The van der Waals surface area contributed by atoms with Crippen molar-refractivity contribution >= 4 is 92.9 Å². The molecule has 90 heavy (non-hydrogen) atoms. The highest BCUT2D eigenvalue weighted by molar-refractivity contribution is 6.17. The molecular weight excluding hydrogens is 1100 g/mol. The molecule has 0 fully saturated rings. The number of nitrogens with zero attached hydrogens (tertiary/aromatic N) is 10. The van der Waals surface area contributed by atoms with E-state index in [1.54, 1.807) is 0 Å². The molecule has 0 amide bonds. The molecule has 0 saturated heterocycles. The van der Waals surface area contributed by atoms with Crippen LogP contribution in [0.25, 0.3) is 155 Å². The van der Waals surface area contributed by atoms with Crippen LogP contribution in [0.4, 0.5) is 5.69 Å². The zero-order chi connectivity index (χ0) is 60.1. The van der Waals surface area contributed by atoms with E-state index >= 15 is 0 Å². The number of fused-ring (bicyclic) bond motifs is 12. The minimum atomic E-state index is 0.531. The van der Waals surface area contributed by atoms with Crippen molar-refractivity contribution in [2.24, 2.45) is 0 Å². The Morgan fingerprint density at radius 3 is 1.14 bits per heavy atom. The number of nitrogens with one attached hydrogen (secondary N) is 1. The monoisotopic (exact) mass is 1150 g/mol. The summed E-state index contributed by atoms with van der Waals surface area (Å²) in [7, 11) is 1.94. The van der Waals surface area contributed by atoms with E-state index in [2.05, 4.69) is 200 Å². The summed E-state index contributed by atoms with van der Waals surface area (Å²) < 4.78 is 9.29. The number of hydrogen-bond acceptors (Lipinski definition) is 7. The molecule has 6 heterocycles. The molecule has 11 aromatic carbocycles. The van der Waals surface area contributed by atoms with Crippen LogP contribution in [0.5, 0.6) is 0 Å². The molecule has 17 rings (SSSR count). The van der Waals surface area contributed by atoms with Gasteiger partial charge in [0, 0.05) is 78.1 Å². The molecule has 0 radical (unpaired) electrons. The minimum absolute atomic E-state index is 0.531. The van der Waals surface area contributed by atoms with E-state index in [9.17, 15) is 15.8 Å². The standard InChI is InChI=1S/C79H47N11/c1-83-53-35-39-73-63(43-53)58-26-13-17-31-69(58)90(73)79-76(88-67-29-15-11-24-56(67)61-41-49(46-81)33-37-71(61)88)74(59-27-9-8-22-54(59)65-44-64(51-18-4-2-5-19-51)84-77(85-65)52-20-6-3-7-21-52)75(87-66-28-14-10-23-55(66)60-40-48(45-80)32-36-70(60)87)78(86-79)89-68-30-16-12-25-57(68)62-42-50(47-82)34-38-72(62)89/h2-44,83H,1H3. The molecule has 0 aliphatic heterocycles. The predicted molar refractivity (Wildman–Crippen MR) is 363 cm³/mol. The lowest BCUT2D eigenvalue weighted by Gasteiger charge is -2.27. The van der Waals surface area contributed by atoms with E-state index in [1.807, 2.05) is 110 Å². The molecule has 0 aliphatic rings. The van der Waals surface area contributed by atoms with Crippen LogP contribution >= 0.6 is 0 Å². The number of nitriles is 3. The Bertz CT molecular complexity index is 5940. The molecule has 0 atom stereocenters. The van der Waals surface area contributed by atoms with Crippen LogP contribution in [0.3, 0.4) is 0 Å². The Labute approximate surface area is 515 Å². The first-order valence-electron chi connectivity index (χ1n) is 29.7. The van der Waals surface area contributed by atoms with Gasteiger partial charge in [-0.2, -0.15) is 15.8 Å². The molecule has 0 aliphatic carbocycles. The van der Waals surface area contributed by atoms with Crippen molar-refractivity contribution in [3.63, 3.8) is 0 Å². The van der Waals surface area contributed by atoms with E-state index in [0.29, 0.717) is 39.8 Å². The highest BCUT2D eigenvalue weighted by atomic mass is 15.2. The lowest BCUT2D eigenvalue weighted by molar-refractivity contribution is 0.961. The number of aromatic nitrogens is 7. The third kappa shape index (κ3) is 7.79. The summed E-state index contributed by atoms with van der Waals surface area (Å²) in [6.45, 7) is 0. The van der Waals surface area contributed by atoms with Crippen molar-refractivity contribution in [2.45, 2.75) is 0 Å². The van der Waals surface area contributed by atoms with Gasteiger partial charge in [-0.15, -0.1) is 0 Å². The average Bonchev–Trinajstić information content (AvgIpc) is 1.42. The van der Waals surface area contributed by atoms with E-state index in [1.165, 1.54) is 0 Å². The zero-order valence-corrected chi connectivity index (χ0v) is 48.3. The number of para-hydroxylation sites is 4.